The van der Waals surface area contributed by atoms with Crippen molar-refractivity contribution in [1.82, 2.24) is 0 Å². The molecule has 1 amide bonds. The van der Waals surface area contributed by atoms with E-state index in [1.54, 1.807) is 25.3 Å². The van der Waals surface area contributed by atoms with Crippen molar-refractivity contribution >= 4 is 23.2 Å². The van der Waals surface area contributed by atoms with Crippen LogP contribution in [0.3, 0.4) is 0 Å². The average molecular weight is 378 g/mol. The highest BCUT2D eigenvalue weighted by molar-refractivity contribution is 6.32. The zero-order valence-electron chi connectivity index (χ0n) is 15.5. The molecule has 6 heteroatoms. The van der Waals surface area contributed by atoms with Crippen molar-refractivity contribution in [2.75, 3.05) is 19.0 Å². The van der Waals surface area contributed by atoms with Gasteiger partial charge in [0.05, 0.1) is 37.0 Å². The minimum atomic E-state index is -0.188. The van der Waals surface area contributed by atoms with Gasteiger partial charge >= 0.3 is 0 Å². The van der Waals surface area contributed by atoms with Gasteiger partial charge in [-0.25, -0.2) is 0 Å². The molecule has 0 spiro atoms. The van der Waals surface area contributed by atoms with Crippen molar-refractivity contribution in [3.8, 4) is 17.2 Å². The van der Waals surface area contributed by atoms with Gasteiger partial charge < -0.3 is 19.5 Å². The first-order chi connectivity index (χ1) is 12.4. The number of carbonyl (C=O) groups is 1. The number of ether oxygens (including phenoxy) is 3. The number of methoxy groups -OCH3 is 1. The molecule has 0 aliphatic rings. The van der Waals surface area contributed by atoms with Gasteiger partial charge in [0.1, 0.15) is 0 Å². The zero-order valence-corrected chi connectivity index (χ0v) is 16.2. The average Bonchev–Trinajstić information content (AvgIpc) is 2.59. The second kappa shape index (κ2) is 9.34. The van der Waals surface area contributed by atoms with Crippen molar-refractivity contribution in [1.29, 1.82) is 0 Å². The molecule has 0 atom stereocenters. The summed E-state index contributed by atoms with van der Waals surface area (Å²) in [7, 11) is 1.59. The zero-order chi connectivity index (χ0) is 19.1. The van der Waals surface area contributed by atoms with E-state index in [1.807, 2.05) is 39.0 Å². The number of para-hydroxylation sites is 1. The molecule has 0 unspecified atom stereocenters. The van der Waals surface area contributed by atoms with Crippen LogP contribution >= 0.6 is 11.6 Å². The number of anilines is 1. The number of benzene rings is 2. The SMILES string of the molecule is COc1cc(C)ccc1OCCC(=O)Nc1cccc(Cl)c1OC(C)C. The van der Waals surface area contributed by atoms with Crippen LogP contribution in [0.15, 0.2) is 36.4 Å². The lowest BCUT2D eigenvalue weighted by atomic mass is 10.2. The van der Waals surface area contributed by atoms with E-state index in [0.29, 0.717) is 28.0 Å². The third-order valence-electron chi connectivity index (χ3n) is 3.50. The summed E-state index contributed by atoms with van der Waals surface area (Å²) in [6, 6.07) is 10.9. The van der Waals surface area contributed by atoms with Crippen molar-refractivity contribution in [2.24, 2.45) is 0 Å². The monoisotopic (exact) mass is 377 g/mol. The van der Waals surface area contributed by atoms with Gasteiger partial charge in [-0.2, -0.15) is 0 Å². The maximum atomic E-state index is 12.2. The van der Waals surface area contributed by atoms with Crippen molar-refractivity contribution < 1.29 is 19.0 Å². The van der Waals surface area contributed by atoms with Gasteiger partial charge in [0, 0.05) is 0 Å². The highest BCUT2D eigenvalue weighted by atomic mass is 35.5. The maximum Gasteiger partial charge on any atom is 0.227 e. The van der Waals surface area contributed by atoms with E-state index >= 15 is 0 Å². The molecule has 0 radical (unpaired) electrons. The highest BCUT2D eigenvalue weighted by Crippen LogP contribution is 2.34. The Kier molecular flexibility index (Phi) is 7.16. The molecule has 140 valence electrons. The fourth-order valence-electron chi connectivity index (χ4n) is 2.32. The summed E-state index contributed by atoms with van der Waals surface area (Å²) in [5, 5.41) is 3.28. The molecule has 2 rings (SSSR count). The molecular formula is C20H24ClNO4. The Balaban J connectivity index is 1.95. The molecule has 0 saturated heterocycles. The van der Waals surface area contributed by atoms with Gasteiger partial charge in [-0.15, -0.1) is 0 Å². The molecule has 1 N–H and O–H groups in total. The first kappa shape index (κ1) is 19.9. The summed E-state index contributed by atoms with van der Waals surface area (Å²) >= 11 is 6.17. The lowest BCUT2D eigenvalue weighted by molar-refractivity contribution is -0.116. The number of hydrogen-bond donors (Lipinski definition) is 1. The van der Waals surface area contributed by atoms with Gasteiger partial charge in [-0.05, 0) is 50.6 Å². The summed E-state index contributed by atoms with van der Waals surface area (Å²) in [5.41, 5.74) is 1.62. The molecule has 0 saturated carbocycles. The molecule has 0 bridgehead atoms. The van der Waals surface area contributed by atoms with E-state index in [-0.39, 0.29) is 25.0 Å². The Labute approximate surface area is 159 Å². The van der Waals surface area contributed by atoms with Crippen molar-refractivity contribution in [3.63, 3.8) is 0 Å². The fourth-order valence-corrected chi connectivity index (χ4v) is 2.54. The van der Waals surface area contributed by atoms with Crippen LogP contribution in [-0.4, -0.2) is 25.7 Å². The first-order valence-electron chi connectivity index (χ1n) is 8.43. The molecule has 0 aliphatic carbocycles. The number of carbonyl (C=O) groups excluding carboxylic acids is 1. The van der Waals surface area contributed by atoms with E-state index < -0.39 is 0 Å². The Morgan fingerprint density at radius 3 is 2.65 bits per heavy atom. The molecule has 2 aromatic rings. The van der Waals surface area contributed by atoms with E-state index in [0.717, 1.165) is 5.56 Å². The number of amides is 1. The summed E-state index contributed by atoms with van der Waals surface area (Å²) in [6.07, 6.45) is 0.132. The predicted molar refractivity (Wildman–Crippen MR) is 104 cm³/mol. The molecule has 0 fully saturated rings. The van der Waals surface area contributed by atoms with E-state index in [1.165, 1.54) is 0 Å². The number of hydrogen-bond acceptors (Lipinski definition) is 4. The Hall–Kier alpha value is -2.40. The topological polar surface area (TPSA) is 56.8 Å². The van der Waals surface area contributed by atoms with Gasteiger partial charge in [-0.3, -0.25) is 4.79 Å². The Morgan fingerprint density at radius 2 is 1.96 bits per heavy atom. The van der Waals surface area contributed by atoms with Gasteiger partial charge in [0.25, 0.3) is 0 Å². The minimum Gasteiger partial charge on any atom is -0.493 e. The quantitative estimate of drug-likeness (QED) is 0.714. The first-order valence-corrected chi connectivity index (χ1v) is 8.81. The molecule has 2 aromatic carbocycles. The van der Waals surface area contributed by atoms with E-state index in [2.05, 4.69) is 5.32 Å². The standard InChI is InChI=1S/C20H24ClNO4/c1-13(2)26-20-15(21)6-5-7-16(20)22-19(23)10-11-25-17-9-8-14(3)12-18(17)24-4/h5-9,12-13H,10-11H2,1-4H3,(H,22,23). The van der Waals surface area contributed by atoms with Gasteiger partial charge in [0.2, 0.25) is 5.91 Å². The van der Waals surface area contributed by atoms with Crippen LogP contribution < -0.4 is 19.5 Å². The summed E-state index contributed by atoms with van der Waals surface area (Å²) in [6.45, 7) is 6.00. The minimum absolute atomic E-state index is 0.0529. The third-order valence-corrected chi connectivity index (χ3v) is 3.80. The Morgan fingerprint density at radius 1 is 1.19 bits per heavy atom. The summed E-state index contributed by atoms with van der Waals surface area (Å²) in [4.78, 5) is 12.2. The van der Waals surface area contributed by atoms with Crippen LogP contribution in [0.4, 0.5) is 5.69 Å². The number of halogens is 1. The molecule has 26 heavy (non-hydrogen) atoms. The van der Waals surface area contributed by atoms with Crippen molar-refractivity contribution in [3.05, 3.63) is 47.0 Å². The van der Waals surface area contributed by atoms with E-state index in [9.17, 15) is 4.79 Å². The van der Waals surface area contributed by atoms with Crippen LogP contribution in [0.5, 0.6) is 17.2 Å². The normalized spacial score (nSPS) is 10.5. The highest BCUT2D eigenvalue weighted by Gasteiger charge is 2.13. The maximum absolute atomic E-state index is 12.2. The van der Waals surface area contributed by atoms with Crippen LogP contribution in [0.25, 0.3) is 0 Å². The molecule has 0 heterocycles. The van der Waals surface area contributed by atoms with E-state index in [4.69, 9.17) is 25.8 Å². The summed E-state index contributed by atoms with van der Waals surface area (Å²) in [5.74, 6) is 1.54. The van der Waals surface area contributed by atoms with Crippen LogP contribution in [0.2, 0.25) is 5.02 Å². The second-order valence-electron chi connectivity index (χ2n) is 6.08. The third kappa shape index (κ3) is 5.56. The fraction of sp³-hybridized carbons (Fsp3) is 0.350. The Bertz CT molecular complexity index is 761. The molecule has 0 aliphatic heterocycles. The van der Waals surface area contributed by atoms with Crippen molar-refractivity contribution in [2.45, 2.75) is 33.3 Å². The molecule has 0 aromatic heterocycles. The lowest BCUT2D eigenvalue weighted by Gasteiger charge is -2.16. The lowest BCUT2D eigenvalue weighted by Crippen LogP contribution is -2.17. The van der Waals surface area contributed by atoms with Crippen LogP contribution in [-0.2, 0) is 4.79 Å². The number of rotatable bonds is 8. The van der Waals surface area contributed by atoms with Crippen LogP contribution in [0.1, 0.15) is 25.8 Å². The van der Waals surface area contributed by atoms with Gasteiger partial charge in [0.15, 0.2) is 17.2 Å². The molecule has 5 nitrogen and oxygen atoms in total. The number of nitrogens with one attached hydrogen (secondary N) is 1. The summed E-state index contributed by atoms with van der Waals surface area (Å²) < 4.78 is 16.7. The number of aryl methyl sites for hydroxylation is 1. The smallest absolute Gasteiger partial charge is 0.227 e. The molecular weight excluding hydrogens is 354 g/mol. The van der Waals surface area contributed by atoms with Gasteiger partial charge in [-0.1, -0.05) is 23.7 Å². The van der Waals surface area contributed by atoms with Crippen LogP contribution in [0, 0.1) is 6.92 Å². The largest absolute Gasteiger partial charge is 0.493 e. The predicted octanol–water partition coefficient (Wildman–Crippen LogP) is 4.85. The second-order valence-corrected chi connectivity index (χ2v) is 6.49.